The zero-order valence-electron chi connectivity index (χ0n) is 12.4. The molecular weight excluding hydrogens is 304 g/mol. The third kappa shape index (κ3) is 5.00. The lowest BCUT2D eigenvalue weighted by atomic mass is 10.2. The minimum absolute atomic E-state index is 0.718. The summed E-state index contributed by atoms with van der Waals surface area (Å²) < 4.78 is 5.01. The molecule has 0 aliphatic heterocycles. The van der Waals surface area contributed by atoms with Crippen LogP contribution < -0.4 is 10.2 Å². The Bertz CT molecular complexity index is 545. The van der Waals surface area contributed by atoms with Crippen molar-refractivity contribution < 1.29 is 4.74 Å². The minimum atomic E-state index is 0.718. The standard InChI is InChI=1S/C16H21ClN2OS/c1-19(12-14-4-3-9-21-14)16-6-5-13(10-15(16)17)11-18-7-8-20-2/h3-6,9-10,18H,7-8,11-12H2,1-2H3. The monoisotopic (exact) mass is 324 g/mol. The SMILES string of the molecule is COCCNCc1ccc(N(C)Cc2cccs2)c(Cl)c1. The van der Waals surface area contributed by atoms with Crippen LogP contribution in [-0.2, 0) is 17.8 Å². The van der Waals surface area contributed by atoms with Gasteiger partial charge in [0, 0.05) is 32.1 Å². The number of hydrogen-bond acceptors (Lipinski definition) is 4. The second kappa shape index (κ2) is 8.39. The van der Waals surface area contributed by atoms with Crippen molar-refractivity contribution in [1.82, 2.24) is 5.32 Å². The number of thiophene rings is 1. The van der Waals surface area contributed by atoms with Crippen LogP contribution in [0, 0.1) is 0 Å². The number of rotatable bonds is 8. The Labute approximate surface area is 135 Å². The first-order chi connectivity index (χ1) is 10.2. The second-order valence-electron chi connectivity index (χ2n) is 4.89. The summed E-state index contributed by atoms with van der Waals surface area (Å²) in [6.45, 7) is 3.24. The molecule has 0 radical (unpaired) electrons. The molecule has 0 aliphatic rings. The molecule has 0 spiro atoms. The van der Waals surface area contributed by atoms with Crippen molar-refractivity contribution in [3.05, 3.63) is 51.2 Å². The predicted octanol–water partition coefficient (Wildman–Crippen LogP) is 3.77. The second-order valence-corrected chi connectivity index (χ2v) is 6.33. The van der Waals surface area contributed by atoms with Crippen molar-refractivity contribution in [3.8, 4) is 0 Å². The van der Waals surface area contributed by atoms with E-state index in [1.807, 2.05) is 6.07 Å². The molecule has 1 aromatic heterocycles. The van der Waals surface area contributed by atoms with E-state index in [-0.39, 0.29) is 0 Å². The van der Waals surface area contributed by atoms with Gasteiger partial charge in [-0.3, -0.25) is 0 Å². The third-order valence-corrected chi connectivity index (χ3v) is 4.37. The summed E-state index contributed by atoms with van der Waals surface area (Å²) >= 11 is 8.18. The van der Waals surface area contributed by atoms with Crippen molar-refractivity contribution in [2.45, 2.75) is 13.1 Å². The van der Waals surface area contributed by atoms with Gasteiger partial charge in [0.15, 0.2) is 0 Å². The van der Waals surface area contributed by atoms with Crippen LogP contribution in [0.25, 0.3) is 0 Å². The largest absolute Gasteiger partial charge is 0.383 e. The fraction of sp³-hybridized carbons (Fsp3) is 0.375. The molecule has 0 saturated heterocycles. The molecule has 21 heavy (non-hydrogen) atoms. The number of hydrogen-bond donors (Lipinski definition) is 1. The highest BCUT2D eigenvalue weighted by molar-refractivity contribution is 7.09. The first-order valence-electron chi connectivity index (χ1n) is 6.92. The molecule has 1 heterocycles. The van der Waals surface area contributed by atoms with E-state index in [0.717, 1.165) is 37.0 Å². The molecular formula is C16H21ClN2OS. The van der Waals surface area contributed by atoms with Crippen molar-refractivity contribution in [3.63, 3.8) is 0 Å². The van der Waals surface area contributed by atoms with Crippen LogP contribution in [0.5, 0.6) is 0 Å². The zero-order chi connectivity index (χ0) is 15.1. The quantitative estimate of drug-likeness (QED) is 0.748. The zero-order valence-corrected chi connectivity index (χ0v) is 14.0. The summed E-state index contributed by atoms with van der Waals surface area (Å²) in [4.78, 5) is 3.51. The molecule has 1 aromatic carbocycles. The Morgan fingerprint density at radius 3 is 2.86 bits per heavy atom. The Morgan fingerprint density at radius 2 is 2.19 bits per heavy atom. The Kier molecular flexibility index (Phi) is 6.51. The fourth-order valence-corrected chi connectivity index (χ4v) is 3.20. The summed E-state index contributed by atoms with van der Waals surface area (Å²) in [5.74, 6) is 0. The Morgan fingerprint density at radius 1 is 1.33 bits per heavy atom. The van der Waals surface area contributed by atoms with E-state index >= 15 is 0 Å². The molecule has 0 aliphatic carbocycles. The van der Waals surface area contributed by atoms with Gasteiger partial charge in [-0.05, 0) is 29.1 Å². The Balaban J connectivity index is 1.94. The molecule has 0 amide bonds. The number of methoxy groups -OCH3 is 1. The average Bonchev–Trinajstić information content (AvgIpc) is 2.96. The number of nitrogens with zero attached hydrogens (tertiary/aromatic N) is 1. The lowest BCUT2D eigenvalue weighted by Gasteiger charge is -2.20. The maximum absolute atomic E-state index is 6.41. The average molecular weight is 325 g/mol. The van der Waals surface area contributed by atoms with E-state index in [4.69, 9.17) is 16.3 Å². The highest BCUT2D eigenvalue weighted by Crippen LogP contribution is 2.27. The van der Waals surface area contributed by atoms with Crippen molar-refractivity contribution in [1.29, 1.82) is 0 Å². The maximum atomic E-state index is 6.41. The maximum Gasteiger partial charge on any atom is 0.0642 e. The molecule has 0 saturated carbocycles. The van der Waals surface area contributed by atoms with Crippen molar-refractivity contribution >= 4 is 28.6 Å². The first kappa shape index (κ1) is 16.3. The van der Waals surface area contributed by atoms with Gasteiger partial charge >= 0.3 is 0 Å². The summed E-state index contributed by atoms with van der Waals surface area (Å²) in [5.41, 5.74) is 2.25. The van der Waals surface area contributed by atoms with E-state index in [0.29, 0.717) is 0 Å². The number of anilines is 1. The molecule has 2 aromatic rings. The predicted molar refractivity (Wildman–Crippen MR) is 91.5 cm³/mol. The molecule has 0 unspecified atom stereocenters. The number of ether oxygens (including phenoxy) is 1. The highest BCUT2D eigenvalue weighted by Gasteiger charge is 2.08. The normalized spacial score (nSPS) is 10.8. The topological polar surface area (TPSA) is 24.5 Å². The number of nitrogens with one attached hydrogen (secondary N) is 1. The van der Waals surface area contributed by atoms with Crippen molar-refractivity contribution in [2.24, 2.45) is 0 Å². The molecule has 2 rings (SSSR count). The van der Waals surface area contributed by atoms with Crippen LogP contribution in [0.3, 0.4) is 0 Å². The van der Waals surface area contributed by atoms with Gasteiger partial charge in [-0.2, -0.15) is 0 Å². The van der Waals surface area contributed by atoms with Gasteiger partial charge in [0.25, 0.3) is 0 Å². The lowest BCUT2D eigenvalue weighted by molar-refractivity contribution is 0.199. The van der Waals surface area contributed by atoms with Gasteiger partial charge in [-0.25, -0.2) is 0 Å². The van der Waals surface area contributed by atoms with Crippen LogP contribution >= 0.6 is 22.9 Å². The van der Waals surface area contributed by atoms with Crippen molar-refractivity contribution in [2.75, 3.05) is 32.2 Å². The van der Waals surface area contributed by atoms with Crippen LogP contribution in [0.15, 0.2) is 35.7 Å². The molecule has 5 heteroatoms. The van der Waals surface area contributed by atoms with Gasteiger partial charge < -0.3 is 15.0 Å². The number of halogens is 1. The summed E-state index contributed by atoms with van der Waals surface area (Å²) in [5, 5.41) is 6.21. The van der Waals surface area contributed by atoms with E-state index in [1.165, 1.54) is 10.4 Å². The molecule has 0 atom stereocenters. The highest BCUT2D eigenvalue weighted by atomic mass is 35.5. The van der Waals surface area contributed by atoms with Crippen LogP contribution in [0.4, 0.5) is 5.69 Å². The Hall–Kier alpha value is -1.07. The van der Waals surface area contributed by atoms with Gasteiger partial charge in [0.1, 0.15) is 0 Å². The van der Waals surface area contributed by atoms with Gasteiger partial charge in [0.2, 0.25) is 0 Å². The van der Waals surface area contributed by atoms with Gasteiger partial charge in [0.05, 0.1) is 23.9 Å². The molecule has 0 bridgehead atoms. The molecule has 114 valence electrons. The van der Waals surface area contributed by atoms with E-state index in [9.17, 15) is 0 Å². The summed E-state index contributed by atoms with van der Waals surface area (Å²) in [6, 6.07) is 10.4. The molecule has 0 fully saturated rings. The smallest absolute Gasteiger partial charge is 0.0642 e. The molecule has 1 N–H and O–H groups in total. The lowest BCUT2D eigenvalue weighted by Crippen LogP contribution is -2.19. The first-order valence-corrected chi connectivity index (χ1v) is 8.18. The van der Waals surface area contributed by atoms with Gasteiger partial charge in [-0.1, -0.05) is 23.7 Å². The van der Waals surface area contributed by atoms with Crippen LogP contribution in [0.2, 0.25) is 5.02 Å². The minimum Gasteiger partial charge on any atom is -0.383 e. The van der Waals surface area contributed by atoms with Gasteiger partial charge in [-0.15, -0.1) is 11.3 Å². The summed E-state index contributed by atoms with van der Waals surface area (Å²) in [7, 11) is 3.77. The third-order valence-electron chi connectivity index (χ3n) is 3.21. The fourth-order valence-electron chi connectivity index (χ4n) is 2.10. The van der Waals surface area contributed by atoms with Crippen LogP contribution in [-0.4, -0.2) is 27.3 Å². The van der Waals surface area contributed by atoms with E-state index in [1.54, 1.807) is 18.4 Å². The van der Waals surface area contributed by atoms with Crippen LogP contribution in [0.1, 0.15) is 10.4 Å². The summed E-state index contributed by atoms with van der Waals surface area (Å²) in [6.07, 6.45) is 0. The number of benzene rings is 1. The van der Waals surface area contributed by atoms with E-state index in [2.05, 4.69) is 46.9 Å². The molecule has 3 nitrogen and oxygen atoms in total. The van der Waals surface area contributed by atoms with E-state index < -0.39 is 0 Å².